The molecule has 0 fully saturated rings. The van der Waals surface area contributed by atoms with Crippen molar-refractivity contribution in [1.82, 2.24) is 0 Å². The van der Waals surface area contributed by atoms with Crippen LogP contribution in [0.1, 0.15) is 32.3 Å². The maximum absolute atomic E-state index is 11.5. The van der Waals surface area contributed by atoms with Crippen molar-refractivity contribution in [2.24, 2.45) is 0 Å². The molecule has 0 radical (unpaired) electrons. The summed E-state index contributed by atoms with van der Waals surface area (Å²) in [7, 11) is 0. The van der Waals surface area contributed by atoms with E-state index in [1.807, 2.05) is 30.3 Å². The summed E-state index contributed by atoms with van der Waals surface area (Å²) in [5.74, 6) is -0.321. The summed E-state index contributed by atoms with van der Waals surface area (Å²) in [6.45, 7) is 3.06. The average molecular weight is 236 g/mol. The molecule has 0 unspecified atom stereocenters. The number of carbonyl (C=O) groups is 1. The van der Waals surface area contributed by atoms with Gasteiger partial charge < -0.3 is 10.2 Å². The highest BCUT2D eigenvalue weighted by molar-refractivity contribution is 5.87. The predicted octanol–water partition coefficient (Wildman–Crippen LogP) is 1.71. The smallest absolute Gasteiger partial charge is 0.166 e. The molecule has 94 valence electrons. The van der Waals surface area contributed by atoms with Gasteiger partial charge in [0.1, 0.15) is 5.60 Å². The highest BCUT2D eigenvalue weighted by Gasteiger charge is 2.36. The summed E-state index contributed by atoms with van der Waals surface area (Å²) in [6, 6.07) is 9.71. The van der Waals surface area contributed by atoms with Crippen LogP contribution in [0.5, 0.6) is 0 Å². The second-order valence-electron chi connectivity index (χ2n) is 4.46. The zero-order valence-corrected chi connectivity index (χ0v) is 10.4. The first-order valence-electron chi connectivity index (χ1n) is 5.96. The number of aryl methyl sites for hydroxylation is 1. The van der Waals surface area contributed by atoms with Gasteiger partial charge in [0.2, 0.25) is 0 Å². The molecule has 0 bridgehead atoms. The van der Waals surface area contributed by atoms with Crippen LogP contribution in [-0.2, 0) is 11.2 Å². The molecule has 1 aromatic carbocycles. The third-order valence-electron chi connectivity index (χ3n) is 3.08. The Morgan fingerprint density at radius 3 is 2.47 bits per heavy atom. The van der Waals surface area contributed by atoms with E-state index in [1.165, 1.54) is 6.92 Å². The van der Waals surface area contributed by atoms with E-state index in [-0.39, 0.29) is 12.2 Å². The molecule has 0 aromatic heterocycles. The third kappa shape index (κ3) is 3.65. The number of aliphatic hydroxyl groups excluding tert-OH is 1. The standard InChI is InChI=1S/C14H20O3/c1-3-12(15)14(2,17)13(16)10-9-11-7-5-4-6-8-11/h4-8,13,16-17H,3,9-10H2,1-2H3/t13-,14-/m1/s1. The van der Waals surface area contributed by atoms with Crippen LogP contribution < -0.4 is 0 Å². The molecule has 0 aliphatic carbocycles. The van der Waals surface area contributed by atoms with Gasteiger partial charge in [-0.05, 0) is 25.3 Å². The molecule has 0 heterocycles. The SMILES string of the molecule is CCC(=O)[C@@](C)(O)[C@H](O)CCc1ccccc1. The number of benzene rings is 1. The van der Waals surface area contributed by atoms with Crippen molar-refractivity contribution in [1.29, 1.82) is 0 Å². The minimum atomic E-state index is -1.64. The number of aliphatic hydroxyl groups is 2. The highest BCUT2D eigenvalue weighted by atomic mass is 16.3. The van der Waals surface area contributed by atoms with Gasteiger partial charge in [-0.25, -0.2) is 0 Å². The van der Waals surface area contributed by atoms with E-state index in [4.69, 9.17) is 0 Å². The van der Waals surface area contributed by atoms with E-state index in [0.717, 1.165) is 5.56 Å². The van der Waals surface area contributed by atoms with Gasteiger partial charge in [-0.2, -0.15) is 0 Å². The lowest BCUT2D eigenvalue weighted by Crippen LogP contribution is -2.46. The Morgan fingerprint density at radius 2 is 1.94 bits per heavy atom. The molecule has 3 nitrogen and oxygen atoms in total. The Balaban J connectivity index is 2.55. The number of hydrogen-bond donors (Lipinski definition) is 2. The normalized spacial score (nSPS) is 16.2. The fourth-order valence-electron chi connectivity index (χ4n) is 1.77. The number of ketones is 1. The first-order valence-corrected chi connectivity index (χ1v) is 5.96. The first kappa shape index (κ1) is 13.9. The molecule has 2 N–H and O–H groups in total. The van der Waals surface area contributed by atoms with Crippen molar-refractivity contribution in [3.8, 4) is 0 Å². The van der Waals surface area contributed by atoms with Crippen LogP contribution in [0, 0.1) is 0 Å². The fraction of sp³-hybridized carbons (Fsp3) is 0.500. The summed E-state index contributed by atoms with van der Waals surface area (Å²) in [6.07, 6.45) is 0.239. The van der Waals surface area contributed by atoms with Crippen molar-refractivity contribution in [2.75, 3.05) is 0 Å². The third-order valence-corrected chi connectivity index (χ3v) is 3.08. The minimum Gasteiger partial charge on any atom is -0.390 e. The van der Waals surface area contributed by atoms with Crippen LogP contribution >= 0.6 is 0 Å². The van der Waals surface area contributed by atoms with E-state index >= 15 is 0 Å². The summed E-state index contributed by atoms with van der Waals surface area (Å²) < 4.78 is 0. The topological polar surface area (TPSA) is 57.5 Å². The predicted molar refractivity (Wildman–Crippen MR) is 66.7 cm³/mol. The summed E-state index contributed by atoms with van der Waals surface area (Å²) in [5.41, 5.74) is -0.546. The molecular weight excluding hydrogens is 216 g/mol. The molecule has 2 atom stereocenters. The lowest BCUT2D eigenvalue weighted by atomic mass is 9.89. The summed E-state index contributed by atoms with van der Waals surface area (Å²) in [4.78, 5) is 11.5. The van der Waals surface area contributed by atoms with Crippen LogP contribution in [0.4, 0.5) is 0 Å². The number of carbonyl (C=O) groups excluding carboxylic acids is 1. The van der Waals surface area contributed by atoms with Gasteiger partial charge in [0.05, 0.1) is 6.10 Å². The van der Waals surface area contributed by atoms with E-state index in [1.54, 1.807) is 6.92 Å². The molecule has 0 saturated carbocycles. The molecular formula is C14H20O3. The van der Waals surface area contributed by atoms with Gasteiger partial charge in [0.15, 0.2) is 5.78 Å². The molecule has 0 saturated heterocycles. The van der Waals surface area contributed by atoms with Crippen molar-refractivity contribution in [2.45, 2.75) is 44.8 Å². The molecule has 0 aliphatic heterocycles. The maximum Gasteiger partial charge on any atom is 0.166 e. The van der Waals surface area contributed by atoms with E-state index < -0.39 is 11.7 Å². The fourth-order valence-corrected chi connectivity index (χ4v) is 1.77. The lowest BCUT2D eigenvalue weighted by molar-refractivity contribution is -0.147. The molecule has 0 amide bonds. The van der Waals surface area contributed by atoms with Gasteiger partial charge in [-0.3, -0.25) is 4.79 Å². The Kier molecular flexibility index (Phi) is 4.85. The Hall–Kier alpha value is -1.19. The molecule has 0 spiro atoms. The molecule has 1 rings (SSSR count). The number of hydrogen-bond acceptors (Lipinski definition) is 3. The Bertz CT molecular complexity index is 357. The van der Waals surface area contributed by atoms with Crippen LogP contribution in [0.15, 0.2) is 30.3 Å². The zero-order chi connectivity index (χ0) is 12.9. The number of rotatable bonds is 6. The van der Waals surface area contributed by atoms with Gasteiger partial charge in [0, 0.05) is 6.42 Å². The van der Waals surface area contributed by atoms with Crippen molar-refractivity contribution in [3.05, 3.63) is 35.9 Å². The average Bonchev–Trinajstić information content (AvgIpc) is 2.35. The van der Waals surface area contributed by atoms with Crippen molar-refractivity contribution in [3.63, 3.8) is 0 Å². The van der Waals surface area contributed by atoms with E-state index in [0.29, 0.717) is 12.8 Å². The van der Waals surface area contributed by atoms with E-state index in [2.05, 4.69) is 0 Å². The van der Waals surface area contributed by atoms with Gasteiger partial charge >= 0.3 is 0 Å². The van der Waals surface area contributed by atoms with Crippen LogP contribution in [0.3, 0.4) is 0 Å². The Labute approximate surface area is 102 Å². The second-order valence-corrected chi connectivity index (χ2v) is 4.46. The molecule has 3 heteroatoms. The van der Waals surface area contributed by atoms with Gasteiger partial charge in [-0.15, -0.1) is 0 Å². The monoisotopic (exact) mass is 236 g/mol. The number of Topliss-reactive ketones (excluding diaryl/α,β-unsaturated/α-hetero) is 1. The van der Waals surface area contributed by atoms with Crippen LogP contribution in [0.25, 0.3) is 0 Å². The van der Waals surface area contributed by atoms with Gasteiger partial charge in [-0.1, -0.05) is 37.3 Å². The highest BCUT2D eigenvalue weighted by Crippen LogP contribution is 2.18. The second kappa shape index (κ2) is 5.94. The zero-order valence-electron chi connectivity index (χ0n) is 10.4. The van der Waals surface area contributed by atoms with Crippen LogP contribution in [-0.4, -0.2) is 27.7 Å². The van der Waals surface area contributed by atoms with Crippen LogP contribution in [0.2, 0.25) is 0 Å². The first-order chi connectivity index (χ1) is 7.98. The lowest BCUT2D eigenvalue weighted by Gasteiger charge is -2.27. The summed E-state index contributed by atoms with van der Waals surface area (Å²) in [5, 5.41) is 19.8. The maximum atomic E-state index is 11.5. The Morgan fingerprint density at radius 1 is 1.35 bits per heavy atom. The van der Waals surface area contributed by atoms with Crippen molar-refractivity contribution >= 4 is 5.78 Å². The van der Waals surface area contributed by atoms with Gasteiger partial charge in [0.25, 0.3) is 0 Å². The van der Waals surface area contributed by atoms with Crippen molar-refractivity contribution < 1.29 is 15.0 Å². The van der Waals surface area contributed by atoms with E-state index in [9.17, 15) is 15.0 Å². The quantitative estimate of drug-likeness (QED) is 0.790. The minimum absolute atomic E-state index is 0.232. The summed E-state index contributed by atoms with van der Waals surface area (Å²) >= 11 is 0. The molecule has 0 aliphatic rings. The largest absolute Gasteiger partial charge is 0.390 e. The molecule has 17 heavy (non-hydrogen) atoms. The molecule has 1 aromatic rings.